The normalized spacial score (nSPS) is 10.6. The zero-order chi connectivity index (χ0) is 21.7. The van der Waals surface area contributed by atoms with E-state index in [2.05, 4.69) is 25.6 Å². The van der Waals surface area contributed by atoms with Gasteiger partial charge in [0.1, 0.15) is 5.82 Å². The SMILES string of the molecule is CC(=O)NCc1cc(-n2c(C)cnc(NCCc3ccncc3)c2=O)c(N)nc1C. The van der Waals surface area contributed by atoms with Crippen molar-refractivity contribution in [3.63, 3.8) is 0 Å². The summed E-state index contributed by atoms with van der Waals surface area (Å²) in [4.78, 5) is 37.0. The average Bonchev–Trinajstić information content (AvgIpc) is 2.71. The van der Waals surface area contributed by atoms with Gasteiger partial charge in [0.25, 0.3) is 5.56 Å². The number of aryl methyl sites for hydroxylation is 2. The second-order valence-corrected chi connectivity index (χ2v) is 6.97. The quantitative estimate of drug-likeness (QED) is 0.542. The number of anilines is 2. The molecule has 0 spiro atoms. The number of aromatic nitrogens is 4. The second kappa shape index (κ2) is 9.17. The van der Waals surface area contributed by atoms with Gasteiger partial charge in [0.15, 0.2) is 5.82 Å². The number of carbonyl (C=O) groups excluding carboxylic acids is 1. The van der Waals surface area contributed by atoms with Gasteiger partial charge in [0.2, 0.25) is 5.91 Å². The van der Waals surface area contributed by atoms with Gasteiger partial charge in [-0.15, -0.1) is 0 Å². The summed E-state index contributed by atoms with van der Waals surface area (Å²) in [5.74, 6) is 0.321. The molecule has 9 nitrogen and oxygen atoms in total. The van der Waals surface area contributed by atoms with Crippen molar-refractivity contribution >= 4 is 17.5 Å². The highest BCUT2D eigenvalue weighted by Gasteiger charge is 2.15. The molecule has 0 unspecified atom stereocenters. The maximum Gasteiger partial charge on any atom is 0.298 e. The van der Waals surface area contributed by atoms with Crippen molar-refractivity contribution in [1.29, 1.82) is 0 Å². The number of nitrogens with zero attached hydrogens (tertiary/aromatic N) is 4. The molecule has 0 aliphatic rings. The van der Waals surface area contributed by atoms with Gasteiger partial charge in [-0.2, -0.15) is 0 Å². The summed E-state index contributed by atoms with van der Waals surface area (Å²) in [5, 5.41) is 5.85. The summed E-state index contributed by atoms with van der Waals surface area (Å²) < 4.78 is 1.49. The molecule has 0 aromatic carbocycles. The number of amides is 1. The van der Waals surface area contributed by atoms with Gasteiger partial charge in [0.05, 0.1) is 5.69 Å². The number of nitrogen functional groups attached to an aromatic ring is 1. The van der Waals surface area contributed by atoms with Gasteiger partial charge >= 0.3 is 0 Å². The predicted octanol–water partition coefficient (Wildman–Crippen LogP) is 1.51. The Morgan fingerprint density at radius 2 is 1.97 bits per heavy atom. The van der Waals surface area contributed by atoms with E-state index in [1.54, 1.807) is 31.6 Å². The van der Waals surface area contributed by atoms with Gasteiger partial charge in [-0.05, 0) is 49.6 Å². The highest BCUT2D eigenvalue weighted by molar-refractivity contribution is 5.73. The molecule has 0 saturated heterocycles. The van der Waals surface area contributed by atoms with Crippen LogP contribution < -0.4 is 21.9 Å². The first kappa shape index (κ1) is 21.0. The summed E-state index contributed by atoms with van der Waals surface area (Å²) >= 11 is 0. The maximum atomic E-state index is 13.1. The Morgan fingerprint density at radius 3 is 2.67 bits per heavy atom. The number of rotatable bonds is 7. The lowest BCUT2D eigenvalue weighted by Crippen LogP contribution is -2.27. The minimum atomic E-state index is -0.312. The standard InChI is InChI=1S/C21H25N7O2/c1-13-11-26-20(24-9-6-16-4-7-23-8-5-16)21(30)28(13)18-10-17(12-25-15(3)29)14(2)27-19(18)22/h4-5,7-8,10-11H,6,9,12H2,1-3H3,(H2,22,27)(H,24,26)(H,25,29). The molecule has 3 aromatic rings. The second-order valence-electron chi connectivity index (χ2n) is 6.97. The van der Waals surface area contributed by atoms with Gasteiger partial charge in [-0.3, -0.25) is 19.1 Å². The number of nitrogens with one attached hydrogen (secondary N) is 2. The van der Waals surface area contributed by atoms with E-state index in [1.807, 2.05) is 19.1 Å². The van der Waals surface area contributed by atoms with E-state index in [0.717, 1.165) is 17.5 Å². The van der Waals surface area contributed by atoms with Crippen LogP contribution in [0.1, 0.15) is 29.4 Å². The lowest BCUT2D eigenvalue weighted by atomic mass is 10.1. The monoisotopic (exact) mass is 407 g/mol. The van der Waals surface area contributed by atoms with Gasteiger partial charge in [-0.1, -0.05) is 0 Å². The molecule has 0 fully saturated rings. The Kier molecular flexibility index (Phi) is 6.41. The van der Waals surface area contributed by atoms with Crippen LogP contribution in [0, 0.1) is 13.8 Å². The van der Waals surface area contributed by atoms with E-state index >= 15 is 0 Å². The van der Waals surface area contributed by atoms with E-state index < -0.39 is 0 Å². The van der Waals surface area contributed by atoms with Crippen LogP contribution >= 0.6 is 0 Å². The van der Waals surface area contributed by atoms with Crippen LogP contribution in [0.4, 0.5) is 11.6 Å². The molecule has 0 aliphatic carbocycles. The Morgan fingerprint density at radius 1 is 1.23 bits per heavy atom. The van der Waals surface area contributed by atoms with E-state index in [4.69, 9.17) is 5.73 Å². The van der Waals surface area contributed by atoms with Crippen molar-refractivity contribution in [2.45, 2.75) is 33.7 Å². The number of nitrogens with two attached hydrogens (primary N) is 1. The van der Waals surface area contributed by atoms with E-state index in [9.17, 15) is 9.59 Å². The number of pyridine rings is 2. The van der Waals surface area contributed by atoms with Crippen molar-refractivity contribution < 1.29 is 4.79 Å². The lowest BCUT2D eigenvalue weighted by Gasteiger charge is -2.16. The summed E-state index contributed by atoms with van der Waals surface area (Å²) in [6.45, 7) is 5.89. The van der Waals surface area contributed by atoms with Crippen LogP contribution in [0.5, 0.6) is 0 Å². The Bertz CT molecular complexity index is 1110. The molecule has 0 bridgehead atoms. The van der Waals surface area contributed by atoms with Crippen molar-refractivity contribution in [3.05, 3.63) is 69.7 Å². The lowest BCUT2D eigenvalue weighted by molar-refractivity contribution is -0.119. The van der Waals surface area contributed by atoms with Crippen molar-refractivity contribution in [3.8, 4) is 5.69 Å². The summed E-state index contributed by atoms with van der Waals surface area (Å²) in [6, 6.07) is 5.64. The first-order valence-electron chi connectivity index (χ1n) is 9.59. The molecule has 0 saturated carbocycles. The maximum absolute atomic E-state index is 13.1. The molecule has 30 heavy (non-hydrogen) atoms. The Balaban J connectivity index is 1.90. The molecule has 3 aromatic heterocycles. The molecule has 1 amide bonds. The zero-order valence-electron chi connectivity index (χ0n) is 17.3. The molecule has 0 atom stereocenters. The molecule has 3 rings (SSSR count). The molecular weight excluding hydrogens is 382 g/mol. The van der Waals surface area contributed by atoms with Crippen LogP contribution in [-0.4, -0.2) is 32.0 Å². The van der Waals surface area contributed by atoms with E-state index in [1.165, 1.54) is 11.5 Å². The summed E-state index contributed by atoms with van der Waals surface area (Å²) in [5.41, 5.74) is 9.50. The topological polar surface area (TPSA) is 128 Å². The molecular formula is C21H25N7O2. The predicted molar refractivity (Wildman–Crippen MR) is 115 cm³/mol. The highest BCUT2D eigenvalue weighted by atomic mass is 16.1. The van der Waals surface area contributed by atoms with E-state index in [-0.39, 0.29) is 23.1 Å². The third kappa shape index (κ3) is 4.80. The smallest absolute Gasteiger partial charge is 0.298 e. The minimum absolute atomic E-state index is 0.147. The third-order valence-electron chi connectivity index (χ3n) is 4.69. The summed E-state index contributed by atoms with van der Waals surface area (Å²) in [7, 11) is 0. The largest absolute Gasteiger partial charge is 0.382 e. The van der Waals surface area contributed by atoms with Crippen LogP contribution in [0.25, 0.3) is 5.69 Å². The molecule has 4 N–H and O–H groups in total. The highest BCUT2D eigenvalue weighted by Crippen LogP contribution is 2.20. The molecule has 0 aliphatic heterocycles. The fourth-order valence-electron chi connectivity index (χ4n) is 3.06. The molecule has 9 heteroatoms. The van der Waals surface area contributed by atoms with Gasteiger partial charge in [-0.25, -0.2) is 9.97 Å². The number of hydrogen-bond donors (Lipinski definition) is 3. The van der Waals surface area contributed by atoms with Crippen LogP contribution in [0.15, 0.2) is 41.6 Å². The summed E-state index contributed by atoms with van der Waals surface area (Å²) in [6.07, 6.45) is 5.81. The first-order chi connectivity index (χ1) is 14.4. The van der Waals surface area contributed by atoms with Crippen molar-refractivity contribution in [2.75, 3.05) is 17.6 Å². The van der Waals surface area contributed by atoms with Gasteiger partial charge < -0.3 is 16.4 Å². The average molecular weight is 407 g/mol. The Hall–Kier alpha value is -3.75. The fourth-order valence-corrected chi connectivity index (χ4v) is 3.06. The molecule has 3 heterocycles. The number of carbonyl (C=O) groups is 1. The van der Waals surface area contributed by atoms with Crippen molar-refractivity contribution in [2.24, 2.45) is 0 Å². The first-order valence-corrected chi connectivity index (χ1v) is 9.59. The fraction of sp³-hybridized carbons (Fsp3) is 0.286. The zero-order valence-corrected chi connectivity index (χ0v) is 17.3. The molecule has 0 radical (unpaired) electrons. The molecule has 156 valence electrons. The van der Waals surface area contributed by atoms with Crippen LogP contribution in [-0.2, 0) is 17.8 Å². The van der Waals surface area contributed by atoms with Crippen LogP contribution in [0.2, 0.25) is 0 Å². The van der Waals surface area contributed by atoms with Crippen LogP contribution in [0.3, 0.4) is 0 Å². The van der Waals surface area contributed by atoms with Gasteiger partial charge in [0, 0.05) is 50.0 Å². The Labute approximate surface area is 174 Å². The number of hydrogen-bond acceptors (Lipinski definition) is 7. The minimum Gasteiger partial charge on any atom is -0.382 e. The third-order valence-corrected chi connectivity index (χ3v) is 4.69. The van der Waals surface area contributed by atoms with Crippen molar-refractivity contribution in [1.82, 2.24) is 24.8 Å². The van der Waals surface area contributed by atoms with E-state index in [0.29, 0.717) is 30.2 Å².